The lowest BCUT2D eigenvalue weighted by molar-refractivity contribution is 0.0760. The number of rotatable bonds is 2. The molecule has 3 aromatic rings. The third-order valence-electron chi connectivity index (χ3n) is 5.24. The van der Waals surface area contributed by atoms with Gasteiger partial charge in [0.25, 0.3) is 5.91 Å². The Balaban J connectivity index is 1.44. The van der Waals surface area contributed by atoms with E-state index in [9.17, 15) is 14.7 Å². The zero-order chi connectivity index (χ0) is 21.1. The highest BCUT2D eigenvalue weighted by atomic mass is 35.5. The van der Waals surface area contributed by atoms with Crippen molar-refractivity contribution in [3.8, 4) is 5.75 Å². The van der Waals surface area contributed by atoms with Crippen LogP contribution in [0.5, 0.6) is 5.75 Å². The molecule has 7 heteroatoms. The van der Waals surface area contributed by atoms with Gasteiger partial charge in [0.15, 0.2) is 0 Å². The predicted molar refractivity (Wildman–Crippen MR) is 118 cm³/mol. The molecule has 0 spiro atoms. The van der Waals surface area contributed by atoms with Crippen LogP contribution in [0.1, 0.15) is 16.8 Å². The quantitative estimate of drug-likeness (QED) is 0.633. The smallest absolute Gasteiger partial charge is 0.321 e. The first-order chi connectivity index (χ1) is 14.5. The van der Waals surface area contributed by atoms with E-state index in [0.29, 0.717) is 43.3 Å². The SMILES string of the molecule is O=C(Nc1cccc(Cl)c1)N1CCCN(C(=O)c2cc3ccccc3cc2O)CC1. The molecular formula is C23H22ClN3O3. The molecule has 0 aromatic heterocycles. The number of carbonyl (C=O) groups excluding carboxylic acids is 2. The number of fused-ring (bicyclic) bond motifs is 1. The van der Waals surface area contributed by atoms with Crippen LogP contribution in [0, 0.1) is 0 Å². The molecular weight excluding hydrogens is 402 g/mol. The summed E-state index contributed by atoms with van der Waals surface area (Å²) in [6, 6.07) is 17.7. The van der Waals surface area contributed by atoms with Gasteiger partial charge in [-0.15, -0.1) is 0 Å². The van der Waals surface area contributed by atoms with Crippen molar-refractivity contribution in [3.05, 3.63) is 71.2 Å². The molecule has 154 valence electrons. The zero-order valence-corrected chi connectivity index (χ0v) is 17.1. The van der Waals surface area contributed by atoms with Gasteiger partial charge in [0.1, 0.15) is 5.75 Å². The lowest BCUT2D eigenvalue weighted by atomic mass is 10.0. The lowest BCUT2D eigenvalue weighted by Crippen LogP contribution is -2.39. The molecule has 0 aliphatic carbocycles. The fraction of sp³-hybridized carbons (Fsp3) is 0.217. The van der Waals surface area contributed by atoms with Crippen LogP contribution in [0.2, 0.25) is 5.02 Å². The van der Waals surface area contributed by atoms with Crippen molar-refractivity contribution < 1.29 is 14.7 Å². The monoisotopic (exact) mass is 423 g/mol. The highest BCUT2D eigenvalue weighted by Crippen LogP contribution is 2.26. The van der Waals surface area contributed by atoms with Crippen LogP contribution < -0.4 is 5.32 Å². The van der Waals surface area contributed by atoms with Gasteiger partial charge in [-0.2, -0.15) is 0 Å². The number of nitrogens with zero attached hydrogens (tertiary/aromatic N) is 2. The summed E-state index contributed by atoms with van der Waals surface area (Å²) in [6.45, 7) is 1.87. The molecule has 3 aromatic carbocycles. The van der Waals surface area contributed by atoms with Gasteiger partial charge in [-0.05, 0) is 47.5 Å². The van der Waals surface area contributed by atoms with E-state index in [4.69, 9.17) is 11.6 Å². The molecule has 4 rings (SSSR count). The van der Waals surface area contributed by atoms with Gasteiger partial charge in [-0.1, -0.05) is 41.9 Å². The van der Waals surface area contributed by atoms with Crippen LogP contribution in [0.3, 0.4) is 0 Å². The maximum atomic E-state index is 13.1. The molecule has 0 saturated carbocycles. The van der Waals surface area contributed by atoms with E-state index in [1.165, 1.54) is 0 Å². The standard InChI is InChI=1S/C23H22ClN3O3/c24-18-7-3-8-19(15-18)25-23(30)27-10-4-9-26(11-12-27)22(29)20-13-16-5-1-2-6-17(16)14-21(20)28/h1-3,5-8,13-15,28H,4,9-12H2,(H,25,30). The summed E-state index contributed by atoms with van der Waals surface area (Å²) in [4.78, 5) is 29.0. The number of phenolic OH excluding ortho intramolecular Hbond substituents is 1. The van der Waals surface area contributed by atoms with Crippen LogP contribution in [-0.4, -0.2) is 53.0 Å². The number of nitrogens with one attached hydrogen (secondary N) is 1. The van der Waals surface area contributed by atoms with E-state index in [-0.39, 0.29) is 23.3 Å². The summed E-state index contributed by atoms with van der Waals surface area (Å²) >= 11 is 5.97. The summed E-state index contributed by atoms with van der Waals surface area (Å²) in [5.74, 6) is -0.256. The molecule has 3 amide bonds. The fourth-order valence-corrected chi connectivity index (χ4v) is 3.85. The average molecular weight is 424 g/mol. The third kappa shape index (κ3) is 4.33. The van der Waals surface area contributed by atoms with Crippen LogP contribution >= 0.6 is 11.6 Å². The minimum atomic E-state index is -0.227. The molecule has 0 unspecified atom stereocenters. The minimum absolute atomic E-state index is 0.0292. The summed E-state index contributed by atoms with van der Waals surface area (Å²) < 4.78 is 0. The lowest BCUT2D eigenvalue weighted by Gasteiger charge is -2.23. The van der Waals surface area contributed by atoms with Crippen LogP contribution in [-0.2, 0) is 0 Å². The van der Waals surface area contributed by atoms with Gasteiger partial charge in [0.05, 0.1) is 5.56 Å². The number of hydrogen-bond donors (Lipinski definition) is 2. The number of benzene rings is 3. The van der Waals surface area contributed by atoms with Crippen molar-refractivity contribution in [2.75, 3.05) is 31.5 Å². The second-order valence-corrected chi connectivity index (χ2v) is 7.73. The highest BCUT2D eigenvalue weighted by molar-refractivity contribution is 6.30. The van der Waals surface area contributed by atoms with Gasteiger partial charge >= 0.3 is 6.03 Å². The van der Waals surface area contributed by atoms with Crippen molar-refractivity contribution >= 4 is 40.0 Å². The van der Waals surface area contributed by atoms with E-state index in [1.807, 2.05) is 24.3 Å². The van der Waals surface area contributed by atoms with Gasteiger partial charge in [0.2, 0.25) is 0 Å². The number of aromatic hydroxyl groups is 1. The summed E-state index contributed by atoms with van der Waals surface area (Å²) in [6.07, 6.45) is 0.656. The summed E-state index contributed by atoms with van der Waals surface area (Å²) in [5.41, 5.74) is 0.913. The fourth-order valence-electron chi connectivity index (χ4n) is 3.66. The molecule has 1 aliphatic heterocycles. The highest BCUT2D eigenvalue weighted by Gasteiger charge is 2.24. The Kier molecular flexibility index (Phi) is 5.77. The molecule has 1 saturated heterocycles. The van der Waals surface area contributed by atoms with E-state index in [0.717, 1.165) is 10.8 Å². The third-order valence-corrected chi connectivity index (χ3v) is 5.48. The largest absolute Gasteiger partial charge is 0.507 e. The molecule has 0 bridgehead atoms. The molecule has 6 nitrogen and oxygen atoms in total. The van der Waals surface area contributed by atoms with E-state index >= 15 is 0 Å². The van der Waals surface area contributed by atoms with E-state index < -0.39 is 0 Å². The van der Waals surface area contributed by atoms with Crippen molar-refractivity contribution in [1.29, 1.82) is 0 Å². The number of hydrogen-bond acceptors (Lipinski definition) is 3. The molecule has 0 radical (unpaired) electrons. The Hall–Kier alpha value is -3.25. The summed E-state index contributed by atoms with van der Waals surface area (Å²) in [5, 5.41) is 15.5. The summed E-state index contributed by atoms with van der Waals surface area (Å²) in [7, 11) is 0. The number of amides is 3. The maximum absolute atomic E-state index is 13.1. The molecule has 1 fully saturated rings. The first-order valence-corrected chi connectivity index (χ1v) is 10.2. The van der Waals surface area contributed by atoms with Gasteiger partial charge in [-0.3, -0.25) is 4.79 Å². The van der Waals surface area contributed by atoms with Crippen molar-refractivity contribution in [2.24, 2.45) is 0 Å². The predicted octanol–water partition coefficient (Wildman–Crippen LogP) is 4.58. The zero-order valence-electron chi connectivity index (χ0n) is 16.3. The molecule has 0 atom stereocenters. The van der Waals surface area contributed by atoms with E-state index in [1.54, 1.807) is 46.2 Å². The second kappa shape index (κ2) is 8.63. The molecule has 1 heterocycles. The molecule has 30 heavy (non-hydrogen) atoms. The average Bonchev–Trinajstić information content (AvgIpc) is 2.99. The first kappa shape index (κ1) is 20.0. The Morgan fingerprint density at radius 3 is 2.33 bits per heavy atom. The van der Waals surface area contributed by atoms with Crippen LogP contribution in [0.4, 0.5) is 10.5 Å². The Labute approximate surface area is 179 Å². The Morgan fingerprint density at radius 1 is 0.867 bits per heavy atom. The van der Waals surface area contributed by atoms with Crippen molar-refractivity contribution in [3.63, 3.8) is 0 Å². The van der Waals surface area contributed by atoms with Gasteiger partial charge < -0.3 is 20.2 Å². The van der Waals surface area contributed by atoms with Crippen LogP contribution in [0.25, 0.3) is 10.8 Å². The Morgan fingerprint density at radius 2 is 1.57 bits per heavy atom. The topological polar surface area (TPSA) is 72.9 Å². The second-order valence-electron chi connectivity index (χ2n) is 7.29. The molecule has 2 N–H and O–H groups in total. The van der Waals surface area contributed by atoms with E-state index in [2.05, 4.69) is 5.32 Å². The number of halogens is 1. The Bertz CT molecular complexity index is 1100. The number of urea groups is 1. The normalized spacial score (nSPS) is 14.4. The molecule has 1 aliphatic rings. The minimum Gasteiger partial charge on any atom is -0.507 e. The van der Waals surface area contributed by atoms with Crippen molar-refractivity contribution in [1.82, 2.24) is 9.80 Å². The number of carbonyl (C=O) groups is 2. The van der Waals surface area contributed by atoms with Gasteiger partial charge in [0, 0.05) is 36.9 Å². The van der Waals surface area contributed by atoms with Crippen molar-refractivity contribution in [2.45, 2.75) is 6.42 Å². The van der Waals surface area contributed by atoms with Gasteiger partial charge in [-0.25, -0.2) is 4.79 Å². The maximum Gasteiger partial charge on any atom is 0.321 e. The first-order valence-electron chi connectivity index (χ1n) is 9.84. The van der Waals surface area contributed by atoms with Crippen LogP contribution in [0.15, 0.2) is 60.7 Å². The number of anilines is 1. The number of phenols is 1.